The number of nitrogens with zero attached hydrogens (tertiary/aromatic N) is 3. The number of hydrogen-bond acceptors (Lipinski definition) is 5. The maximum atomic E-state index is 11.5. The molecule has 0 aliphatic carbocycles. The minimum Gasteiger partial charge on any atom is -0.478 e. The standard InChI is InChI=1S/C16H19N3O4S/c20-15(21)11-7-17-12(16(22)23)9-24-13(11)6-10-8-19-5-3-1-2-4-14(19)18-10/h7-8,13H,1-6,9H2,(H,20,21)(H,22,23). The lowest BCUT2D eigenvalue weighted by Gasteiger charge is -2.13. The monoisotopic (exact) mass is 349 g/mol. The zero-order valence-electron chi connectivity index (χ0n) is 13.1. The van der Waals surface area contributed by atoms with E-state index in [2.05, 4.69) is 14.5 Å². The molecule has 0 saturated carbocycles. The number of carboxylic acids is 2. The van der Waals surface area contributed by atoms with Crippen LogP contribution >= 0.6 is 11.8 Å². The Hall–Kier alpha value is -2.09. The molecule has 0 spiro atoms. The molecule has 0 aromatic carbocycles. The van der Waals surface area contributed by atoms with Crippen LogP contribution in [0.25, 0.3) is 0 Å². The van der Waals surface area contributed by atoms with Crippen molar-refractivity contribution in [2.45, 2.75) is 43.9 Å². The van der Waals surface area contributed by atoms with Crippen LogP contribution in [-0.2, 0) is 29.0 Å². The molecule has 2 aliphatic heterocycles. The van der Waals surface area contributed by atoms with E-state index in [1.54, 1.807) is 0 Å². The number of carbonyl (C=O) groups is 2. The van der Waals surface area contributed by atoms with Gasteiger partial charge in [-0.25, -0.2) is 14.6 Å². The zero-order chi connectivity index (χ0) is 17.1. The Morgan fingerprint density at radius 3 is 2.83 bits per heavy atom. The van der Waals surface area contributed by atoms with Crippen molar-refractivity contribution in [2.75, 3.05) is 5.75 Å². The van der Waals surface area contributed by atoms with Crippen molar-refractivity contribution in [1.29, 1.82) is 0 Å². The normalized spacial score (nSPS) is 21.1. The minimum atomic E-state index is -1.11. The second-order valence-electron chi connectivity index (χ2n) is 5.93. The molecule has 128 valence electrons. The van der Waals surface area contributed by atoms with Crippen molar-refractivity contribution in [3.8, 4) is 0 Å². The molecule has 0 amide bonds. The molecule has 1 aromatic rings. The predicted molar refractivity (Wildman–Crippen MR) is 90.5 cm³/mol. The Labute approximate surface area is 143 Å². The minimum absolute atomic E-state index is 0.0260. The van der Waals surface area contributed by atoms with Crippen LogP contribution in [-0.4, -0.2) is 48.4 Å². The highest BCUT2D eigenvalue weighted by molar-refractivity contribution is 8.00. The molecule has 8 heteroatoms. The average Bonchev–Trinajstić information content (AvgIpc) is 2.70. The molecule has 0 fully saturated rings. The summed E-state index contributed by atoms with van der Waals surface area (Å²) >= 11 is 1.29. The second-order valence-corrected chi connectivity index (χ2v) is 7.12. The quantitative estimate of drug-likeness (QED) is 0.858. The molecule has 0 bridgehead atoms. The van der Waals surface area contributed by atoms with Gasteiger partial charge in [-0.3, -0.25) is 4.99 Å². The van der Waals surface area contributed by atoms with Crippen LogP contribution in [0.1, 0.15) is 30.8 Å². The van der Waals surface area contributed by atoms with Gasteiger partial charge in [-0.05, 0) is 12.8 Å². The van der Waals surface area contributed by atoms with Gasteiger partial charge in [-0.1, -0.05) is 6.42 Å². The molecule has 1 unspecified atom stereocenters. The van der Waals surface area contributed by atoms with Crippen LogP contribution in [0, 0.1) is 0 Å². The molecular weight excluding hydrogens is 330 g/mol. The molecule has 7 nitrogen and oxygen atoms in total. The molecule has 3 heterocycles. The van der Waals surface area contributed by atoms with Gasteiger partial charge < -0.3 is 14.8 Å². The molecule has 1 atom stereocenters. The van der Waals surface area contributed by atoms with E-state index in [1.165, 1.54) is 24.4 Å². The first kappa shape index (κ1) is 16.8. The lowest BCUT2D eigenvalue weighted by atomic mass is 10.1. The first-order valence-electron chi connectivity index (χ1n) is 7.94. The predicted octanol–water partition coefficient (Wildman–Crippen LogP) is 1.76. The average molecular weight is 349 g/mol. The number of hydrogen-bond donors (Lipinski definition) is 2. The van der Waals surface area contributed by atoms with Crippen molar-refractivity contribution in [3.63, 3.8) is 0 Å². The molecule has 0 saturated heterocycles. The van der Waals surface area contributed by atoms with E-state index in [-0.39, 0.29) is 22.3 Å². The van der Waals surface area contributed by atoms with Crippen molar-refractivity contribution in [1.82, 2.24) is 9.55 Å². The van der Waals surface area contributed by atoms with E-state index in [0.29, 0.717) is 6.42 Å². The number of imidazole rings is 1. The Bertz CT molecular complexity index is 699. The molecular formula is C16H19N3O4S. The summed E-state index contributed by atoms with van der Waals surface area (Å²) in [7, 11) is 0. The highest BCUT2D eigenvalue weighted by atomic mass is 32.2. The van der Waals surface area contributed by atoms with E-state index in [9.17, 15) is 14.7 Å². The van der Waals surface area contributed by atoms with Gasteiger partial charge in [0.25, 0.3) is 0 Å². The first-order chi connectivity index (χ1) is 11.5. The number of thioether (sulfide) groups is 1. The van der Waals surface area contributed by atoms with Crippen molar-refractivity contribution in [2.24, 2.45) is 4.99 Å². The Balaban J connectivity index is 1.79. The maximum Gasteiger partial charge on any atom is 0.351 e. The number of carboxylic acid groups (broad SMARTS) is 2. The van der Waals surface area contributed by atoms with Crippen LogP contribution in [0.2, 0.25) is 0 Å². The topological polar surface area (TPSA) is 105 Å². The summed E-state index contributed by atoms with van der Waals surface area (Å²) in [6.45, 7) is 0.952. The van der Waals surface area contributed by atoms with E-state index >= 15 is 0 Å². The third-order valence-electron chi connectivity index (χ3n) is 4.22. The fraction of sp³-hybridized carbons (Fsp3) is 0.500. The number of aryl methyl sites for hydroxylation is 2. The smallest absolute Gasteiger partial charge is 0.351 e. The third kappa shape index (κ3) is 3.69. The van der Waals surface area contributed by atoms with Crippen LogP contribution in [0.5, 0.6) is 0 Å². The number of aliphatic imine (C=N–C) groups is 1. The lowest BCUT2D eigenvalue weighted by Crippen LogP contribution is -2.20. The van der Waals surface area contributed by atoms with E-state index < -0.39 is 11.9 Å². The SMILES string of the molecule is O=C(O)C1=CN=C(C(=O)O)CSC1Cc1cn2c(n1)CCCCC2. The fourth-order valence-corrected chi connectivity index (χ4v) is 4.14. The largest absolute Gasteiger partial charge is 0.478 e. The van der Waals surface area contributed by atoms with Crippen LogP contribution in [0.15, 0.2) is 23.0 Å². The Morgan fingerprint density at radius 2 is 2.08 bits per heavy atom. The van der Waals surface area contributed by atoms with Gasteiger partial charge in [0.05, 0.1) is 11.3 Å². The molecule has 24 heavy (non-hydrogen) atoms. The first-order valence-corrected chi connectivity index (χ1v) is 8.99. The van der Waals surface area contributed by atoms with Crippen LogP contribution in [0.3, 0.4) is 0 Å². The van der Waals surface area contributed by atoms with E-state index in [0.717, 1.165) is 37.3 Å². The summed E-state index contributed by atoms with van der Waals surface area (Å²) in [6.07, 6.45) is 8.07. The lowest BCUT2D eigenvalue weighted by molar-refractivity contribution is -0.133. The van der Waals surface area contributed by atoms with E-state index in [1.807, 2.05) is 6.20 Å². The molecule has 3 rings (SSSR count). The van der Waals surface area contributed by atoms with E-state index in [4.69, 9.17) is 5.11 Å². The van der Waals surface area contributed by atoms with Gasteiger partial charge in [0, 0.05) is 42.8 Å². The third-order valence-corrected chi connectivity index (χ3v) is 5.49. The van der Waals surface area contributed by atoms with Gasteiger partial charge in [0.15, 0.2) is 0 Å². The molecule has 0 radical (unpaired) electrons. The Morgan fingerprint density at radius 1 is 1.25 bits per heavy atom. The van der Waals surface area contributed by atoms with Crippen molar-refractivity contribution in [3.05, 3.63) is 29.5 Å². The van der Waals surface area contributed by atoms with Crippen molar-refractivity contribution < 1.29 is 19.8 Å². The zero-order valence-corrected chi connectivity index (χ0v) is 14.0. The van der Waals surface area contributed by atoms with Gasteiger partial charge in [0.1, 0.15) is 11.5 Å². The highest BCUT2D eigenvalue weighted by Gasteiger charge is 2.27. The Kier molecular flexibility index (Phi) is 5.03. The summed E-state index contributed by atoms with van der Waals surface area (Å²) in [5.74, 6) is -0.938. The van der Waals surface area contributed by atoms with Gasteiger partial charge >= 0.3 is 11.9 Å². The number of aromatic nitrogens is 2. The van der Waals surface area contributed by atoms with Gasteiger partial charge in [-0.15, -0.1) is 11.8 Å². The fourth-order valence-electron chi connectivity index (χ4n) is 2.95. The summed E-state index contributed by atoms with van der Waals surface area (Å²) in [5.41, 5.74) is 0.955. The molecule has 2 aliphatic rings. The molecule has 1 aromatic heterocycles. The number of aliphatic carboxylic acids is 2. The van der Waals surface area contributed by atoms with Crippen LogP contribution in [0.4, 0.5) is 0 Å². The summed E-state index contributed by atoms with van der Waals surface area (Å²) < 4.78 is 2.16. The van der Waals surface area contributed by atoms with Crippen LogP contribution < -0.4 is 0 Å². The summed E-state index contributed by atoms with van der Waals surface area (Å²) in [6, 6.07) is 0. The number of rotatable bonds is 4. The summed E-state index contributed by atoms with van der Waals surface area (Å²) in [5, 5.41) is 18.1. The highest BCUT2D eigenvalue weighted by Crippen LogP contribution is 2.27. The second kappa shape index (κ2) is 7.21. The number of fused-ring (bicyclic) bond motifs is 1. The summed E-state index contributed by atoms with van der Waals surface area (Å²) in [4.78, 5) is 31.1. The van der Waals surface area contributed by atoms with Gasteiger partial charge in [0.2, 0.25) is 0 Å². The van der Waals surface area contributed by atoms with Gasteiger partial charge in [-0.2, -0.15) is 0 Å². The maximum absolute atomic E-state index is 11.5. The molecule has 2 N–H and O–H groups in total. The van der Waals surface area contributed by atoms with Crippen molar-refractivity contribution >= 4 is 29.4 Å².